The molecule has 6 nitrogen and oxygen atoms in total. The van der Waals surface area contributed by atoms with Gasteiger partial charge in [0.15, 0.2) is 5.96 Å². The average molecular weight is 507 g/mol. The molecular formula is C22H30IN5O. The maximum absolute atomic E-state index is 11.8. The number of carbonyl (C=O) groups excluding carboxylic acids is 1. The summed E-state index contributed by atoms with van der Waals surface area (Å²) in [5.74, 6) is 0.886. The Balaban J connectivity index is 0.00000300. The monoisotopic (exact) mass is 507 g/mol. The molecule has 0 bridgehead atoms. The Morgan fingerprint density at radius 1 is 1.03 bits per heavy atom. The van der Waals surface area contributed by atoms with Crippen LogP contribution in [0.1, 0.15) is 15.9 Å². The Kier molecular flexibility index (Phi) is 9.24. The molecular weight excluding hydrogens is 477 g/mol. The molecule has 7 heteroatoms. The van der Waals surface area contributed by atoms with E-state index in [0.29, 0.717) is 5.56 Å². The SMILES string of the molecule is CN=C(NCCc1cccc(C(=O)NC)c1)N1CCN(c2ccccc2)CC1.I. The molecule has 0 radical (unpaired) electrons. The first-order valence-corrected chi connectivity index (χ1v) is 9.78. The molecule has 1 fully saturated rings. The standard InChI is InChI=1S/C22H29N5O.HI/c1-23-21(28)19-8-6-7-18(17-19)11-12-25-22(24-2)27-15-13-26(14-16-27)20-9-4-3-5-10-20;/h3-10,17H,11-16H2,1-2H3,(H,23,28)(H,24,25);1H. The maximum Gasteiger partial charge on any atom is 0.251 e. The Hall–Kier alpha value is -2.29. The van der Waals surface area contributed by atoms with Crippen LogP contribution in [0.5, 0.6) is 0 Å². The van der Waals surface area contributed by atoms with Gasteiger partial charge in [-0.15, -0.1) is 24.0 Å². The van der Waals surface area contributed by atoms with E-state index < -0.39 is 0 Å². The van der Waals surface area contributed by atoms with Gasteiger partial charge in [-0.05, 0) is 36.2 Å². The van der Waals surface area contributed by atoms with E-state index in [2.05, 4.69) is 61.8 Å². The van der Waals surface area contributed by atoms with Crippen molar-refractivity contribution in [1.29, 1.82) is 0 Å². The fourth-order valence-electron chi connectivity index (χ4n) is 3.48. The van der Waals surface area contributed by atoms with Crippen LogP contribution in [0.15, 0.2) is 59.6 Å². The number of hydrogen-bond donors (Lipinski definition) is 2. The van der Waals surface area contributed by atoms with E-state index >= 15 is 0 Å². The van der Waals surface area contributed by atoms with Crippen LogP contribution in [0.4, 0.5) is 5.69 Å². The van der Waals surface area contributed by atoms with E-state index in [0.717, 1.165) is 50.7 Å². The number of piperazine rings is 1. The highest BCUT2D eigenvalue weighted by atomic mass is 127. The van der Waals surface area contributed by atoms with Gasteiger partial charge in [0.25, 0.3) is 5.91 Å². The molecule has 0 spiro atoms. The Labute approximate surface area is 190 Å². The van der Waals surface area contributed by atoms with Crippen molar-refractivity contribution in [3.8, 4) is 0 Å². The minimum absolute atomic E-state index is 0. The minimum Gasteiger partial charge on any atom is -0.368 e. The summed E-state index contributed by atoms with van der Waals surface area (Å²) in [5.41, 5.74) is 3.11. The summed E-state index contributed by atoms with van der Waals surface area (Å²) in [4.78, 5) is 20.9. The van der Waals surface area contributed by atoms with Gasteiger partial charge in [0.2, 0.25) is 0 Å². The van der Waals surface area contributed by atoms with Crippen molar-refractivity contribution >= 4 is 41.5 Å². The van der Waals surface area contributed by atoms with Crippen LogP contribution in [0.3, 0.4) is 0 Å². The third-order valence-corrected chi connectivity index (χ3v) is 5.03. The molecule has 0 saturated carbocycles. The summed E-state index contributed by atoms with van der Waals surface area (Å²) in [5, 5.41) is 6.13. The van der Waals surface area contributed by atoms with Crippen molar-refractivity contribution in [2.24, 2.45) is 4.99 Å². The van der Waals surface area contributed by atoms with Gasteiger partial charge in [-0.1, -0.05) is 30.3 Å². The van der Waals surface area contributed by atoms with Gasteiger partial charge in [-0.2, -0.15) is 0 Å². The van der Waals surface area contributed by atoms with Gasteiger partial charge < -0.3 is 20.4 Å². The van der Waals surface area contributed by atoms with Crippen LogP contribution in [0.25, 0.3) is 0 Å². The van der Waals surface area contributed by atoms with Crippen molar-refractivity contribution in [2.45, 2.75) is 6.42 Å². The first kappa shape index (κ1) is 23.0. The van der Waals surface area contributed by atoms with E-state index in [1.165, 1.54) is 5.69 Å². The fraction of sp³-hybridized carbons (Fsp3) is 0.364. The molecule has 1 heterocycles. The van der Waals surface area contributed by atoms with Crippen LogP contribution in [0, 0.1) is 0 Å². The molecule has 29 heavy (non-hydrogen) atoms. The van der Waals surface area contributed by atoms with Gasteiger partial charge in [0, 0.05) is 58.1 Å². The first-order valence-electron chi connectivity index (χ1n) is 9.78. The highest BCUT2D eigenvalue weighted by Gasteiger charge is 2.19. The predicted molar refractivity (Wildman–Crippen MR) is 131 cm³/mol. The summed E-state index contributed by atoms with van der Waals surface area (Å²) in [7, 11) is 3.48. The molecule has 1 aliphatic rings. The average Bonchev–Trinajstić information content (AvgIpc) is 2.77. The number of rotatable bonds is 5. The highest BCUT2D eigenvalue weighted by Crippen LogP contribution is 2.15. The number of benzene rings is 2. The number of nitrogens with zero attached hydrogens (tertiary/aromatic N) is 3. The van der Waals surface area contributed by atoms with E-state index in [1.807, 2.05) is 25.2 Å². The Bertz CT molecular complexity index is 804. The summed E-state index contributed by atoms with van der Waals surface area (Å²) < 4.78 is 0. The van der Waals surface area contributed by atoms with Crippen LogP contribution in [-0.4, -0.2) is 63.6 Å². The second-order valence-electron chi connectivity index (χ2n) is 6.81. The highest BCUT2D eigenvalue weighted by molar-refractivity contribution is 14.0. The number of hydrogen-bond acceptors (Lipinski definition) is 3. The molecule has 1 aliphatic heterocycles. The van der Waals surface area contributed by atoms with E-state index in [-0.39, 0.29) is 29.9 Å². The molecule has 0 aromatic heterocycles. The number of nitrogens with one attached hydrogen (secondary N) is 2. The molecule has 2 aromatic carbocycles. The summed E-state index contributed by atoms with van der Waals surface area (Å²) in [6.45, 7) is 4.64. The van der Waals surface area contributed by atoms with E-state index in [9.17, 15) is 4.79 Å². The van der Waals surface area contributed by atoms with Gasteiger partial charge >= 0.3 is 0 Å². The van der Waals surface area contributed by atoms with Crippen molar-refractivity contribution < 1.29 is 4.79 Å². The zero-order valence-corrected chi connectivity index (χ0v) is 19.4. The lowest BCUT2D eigenvalue weighted by Gasteiger charge is -2.37. The number of aliphatic imine (C=N–C) groups is 1. The summed E-state index contributed by atoms with van der Waals surface area (Å²) in [6, 6.07) is 18.3. The van der Waals surface area contributed by atoms with Crippen LogP contribution < -0.4 is 15.5 Å². The molecule has 0 aliphatic carbocycles. The first-order chi connectivity index (χ1) is 13.7. The van der Waals surface area contributed by atoms with E-state index in [1.54, 1.807) is 7.05 Å². The second-order valence-corrected chi connectivity index (χ2v) is 6.81. The molecule has 1 saturated heterocycles. The lowest BCUT2D eigenvalue weighted by molar-refractivity contribution is 0.0963. The maximum atomic E-state index is 11.8. The zero-order valence-electron chi connectivity index (χ0n) is 17.1. The quantitative estimate of drug-likeness (QED) is 0.371. The molecule has 0 atom stereocenters. The van der Waals surface area contributed by atoms with Crippen molar-refractivity contribution in [2.75, 3.05) is 51.7 Å². The summed E-state index contributed by atoms with van der Waals surface area (Å²) in [6.07, 6.45) is 0.841. The Morgan fingerprint density at radius 3 is 2.41 bits per heavy atom. The predicted octanol–water partition coefficient (Wildman–Crippen LogP) is 2.60. The lowest BCUT2D eigenvalue weighted by atomic mass is 10.1. The number of anilines is 1. The van der Waals surface area contributed by atoms with Gasteiger partial charge in [0.1, 0.15) is 0 Å². The molecule has 1 amide bonds. The van der Waals surface area contributed by atoms with Crippen molar-refractivity contribution in [3.63, 3.8) is 0 Å². The number of carbonyl (C=O) groups is 1. The molecule has 2 aromatic rings. The van der Waals surface area contributed by atoms with Gasteiger partial charge in [0.05, 0.1) is 0 Å². The number of halogens is 1. The third kappa shape index (κ3) is 6.35. The normalized spacial score (nSPS) is 14.2. The van der Waals surface area contributed by atoms with Crippen LogP contribution >= 0.6 is 24.0 Å². The van der Waals surface area contributed by atoms with Crippen molar-refractivity contribution in [1.82, 2.24) is 15.5 Å². The van der Waals surface area contributed by atoms with Gasteiger partial charge in [-0.3, -0.25) is 9.79 Å². The van der Waals surface area contributed by atoms with Crippen LogP contribution in [-0.2, 0) is 6.42 Å². The number of para-hydroxylation sites is 1. The molecule has 2 N–H and O–H groups in total. The zero-order chi connectivity index (χ0) is 19.8. The Morgan fingerprint density at radius 2 is 1.76 bits per heavy atom. The topological polar surface area (TPSA) is 60.0 Å². The number of amides is 1. The minimum atomic E-state index is -0.0538. The van der Waals surface area contributed by atoms with Crippen LogP contribution in [0.2, 0.25) is 0 Å². The molecule has 0 unspecified atom stereocenters. The second kappa shape index (κ2) is 11.6. The largest absolute Gasteiger partial charge is 0.368 e. The van der Waals surface area contributed by atoms with Gasteiger partial charge in [-0.25, -0.2) is 0 Å². The summed E-state index contributed by atoms with van der Waals surface area (Å²) >= 11 is 0. The third-order valence-electron chi connectivity index (χ3n) is 5.03. The van der Waals surface area contributed by atoms with Crippen molar-refractivity contribution in [3.05, 3.63) is 65.7 Å². The molecule has 3 rings (SSSR count). The fourth-order valence-corrected chi connectivity index (χ4v) is 3.48. The molecule has 156 valence electrons. The van der Waals surface area contributed by atoms with E-state index in [4.69, 9.17) is 0 Å². The lowest BCUT2D eigenvalue weighted by Crippen LogP contribution is -2.52. The smallest absolute Gasteiger partial charge is 0.251 e. The number of guanidine groups is 1.